The molecule has 3 rings (SSSR count). The summed E-state index contributed by atoms with van der Waals surface area (Å²) in [7, 11) is 0. The van der Waals surface area contributed by atoms with Gasteiger partial charge in [-0.1, -0.05) is 62.7 Å². The molecular formula is C21H21ClFNO2. The summed E-state index contributed by atoms with van der Waals surface area (Å²) in [5.41, 5.74) is -0.430. The molecule has 0 radical (unpaired) electrons. The van der Waals surface area contributed by atoms with E-state index in [1.54, 1.807) is 6.08 Å². The molecule has 1 aliphatic heterocycles. The standard InChI is InChI=1S/C21H21ClFNO2/c1-20(2,3)19(25)24-21(4,14-8-6-5-7-9-14)13-18(26-24)16-12-15(22)10-11-17(16)23/h5-13H,1-4H3. The Bertz CT molecular complexity index is 873. The average molecular weight is 374 g/mol. The first-order valence-corrected chi connectivity index (χ1v) is 8.77. The van der Waals surface area contributed by atoms with Crippen molar-refractivity contribution in [3.63, 3.8) is 0 Å². The van der Waals surface area contributed by atoms with Crippen LogP contribution in [0, 0.1) is 11.2 Å². The largest absolute Gasteiger partial charge is 0.375 e. The van der Waals surface area contributed by atoms with Gasteiger partial charge >= 0.3 is 0 Å². The van der Waals surface area contributed by atoms with E-state index in [4.69, 9.17) is 16.4 Å². The summed E-state index contributed by atoms with van der Waals surface area (Å²) in [4.78, 5) is 18.9. The van der Waals surface area contributed by atoms with Gasteiger partial charge in [0.2, 0.25) is 0 Å². The number of amides is 1. The second kappa shape index (κ2) is 6.44. The fourth-order valence-electron chi connectivity index (χ4n) is 2.88. The summed E-state index contributed by atoms with van der Waals surface area (Å²) in [6.07, 6.45) is 1.76. The van der Waals surface area contributed by atoms with Crippen LogP contribution < -0.4 is 0 Å². The second-order valence-electron chi connectivity index (χ2n) is 7.59. The predicted molar refractivity (Wildman–Crippen MR) is 101 cm³/mol. The number of carbonyl (C=O) groups excluding carboxylic acids is 1. The predicted octanol–water partition coefficient (Wildman–Crippen LogP) is 5.56. The Morgan fingerprint density at radius 3 is 2.42 bits per heavy atom. The maximum atomic E-state index is 14.4. The molecule has 3 nitrogen and oxygen atoms in total. The zero-order chi connectivity index (χ0) is 19.1. The Balaban J connectivity index is 2.14. The molecule has 2 aromatic rings. The zero-order valence-corrected chi connectivity index (χ0v) is 16.0. The lowest BCUT2D eigenvalue weighted by atomic mass is 9.87. The number of hydrogen-bond donors (Lipinski definition) is 0. The molecule has 1 atom stereocenters. The molecule has 0 aliphatic carbocycles. The van der Waals surface area contributed by atoms with E-state index in [-0.39, 0.29) is 17.2 Å². The van der Waals surface area contributed by atoms with Crippen LogP contribution in [0.4, 0.5) is 4.39 Å². The summed E-state index contributed by atoms with van der Waals surface area (Å²) >= 11 is 6.02. The number of hydroxylamine groups is 2. The number of benzene rings is 2. The van der Waals surface area contributed by atoms with Crippen molar-refractivity contribution >= 4 is 23.3 Å². The van der Waals surface area contributed by atoms with E-state index in [1.807, 2.05) is 58.0 Å². The third-order valence-electron chi connectivity index (χ3n) is 4.40. The molecule has 2 aromatic carbocycles. The minimum absolute atomic E-state index is 0.197. The van der Waals surface area contributed by atoms with Crippen LogP contribution in [-0.2, 0) is 15.2 Å². The van der Waals surface area contributed by atoms with Gasteiger partial charge in [0.1, 0.15) is 11.4 Å². The normalized spacial score (nSPS) is 19.9. The molecule has 1 heterocycles. The van der Waals surface area contributed by atoms with Gasteiger partial charge in [-0.15, -0.1) is 0 Å². The molecule has 1 unspecified atom stereocenters. The number of halogens is 2. The molecule has 1 amide bonds. The average Bonchev–Trinajstić information content (AvgIpc) is 2.95. The van der Waals surface area contributed by atoms with E-state index in [1.165, 1.54) is 23.3 Å². The van der Waals surface area contributed by atoms with Gasteiger partial charge in [0, 0.05) is 10.4 Å². The first-order chi connectivity index (χ1) is 12.1. The van der Waals surface area contributed by atoms with Crippen LogP contribution in [0.1, 0.15) is 38.8 Å². The maximum absolute atomic E-state index is 14.4. The molecule has 26 heavy (non-hydrogen) atoms. The van der Waals surface area contributed by atoms with E-state index in [0.717, 1.165) is 5.56 Å². The van der Waals surface area contributed by atoms with Gasteiger partial charge in [-0.25, -0.2) is 4.39 Å². The van der Waals surface area contributed by atoms with E-state index < -0.39 is 16.8 Å². The molecule has 0 bridgehead atoms. The molecule has 0 fully saturated rings. The van der Waals surface area contributed by atoms with Gasteiger partial charge < -0.3 is 4.84 Å². The van der Waals surface area contributed by atoms with E-state index in [2.05, 4.69) is 0 Å². The summed E-state index contributed by atoms with van der Waals surface area (Å²) < 4.78 is 14.4. The molecule has 0 N–H and O–H groups in total. The lowest BCUT2D eigenvalue weighted by Crippen LogP contribution is -2.47. The number of hydrogen-bond acceptors (Lipinski definition) is 2. The van der Waals surface area contributed by atoms with Gasteiger partial charge in [0.05, 0.1) is 5.56 Å². The van der Waals surface area contributed by atoms with Crippen molar-refractivity contribution in [1.29, 1.82) is 0 Å². The topological polar surface area (TPSA) is 29.5 Å². The molecular weight excluding hydrogens is 353 g/mol. The van der Waals surface area contributed by atoms with E-state index in [0.29, 0.717) is 5.02 Å². The van der Waals surface area contributed by atoms with Crippen LogP contribution in [0.25, 0.3) is 5.76 Å². The van der Waals surface area contributed by atoms with Crippen LogP contribution >= 0.6 is 11.6 Å². The zero-order valence-electron chi connectivity index (χ0n) is 15.2. The third kappa shape index (κ3) is 3.21. The first kappa shape index (κ1) is 18.5. The molecule has 0 saturated carbocycles. The van der Waals surface area contributed by atoms with Gasteiger partial charge in [-0.2, -0.15) is 5.06 Å². The van der Waals surface area contributed by atoms with Crippen LogP contribution in [0.2, 0.25) is 5.02 Å². The minimum atomic E-state index is -0.865. The smallest absolute Gasteiger partial charge is 0.261 e. The van der Waals surface area contributed by atoms with Gasteiger partial charge in [0.25, 0.3) is 5.91 Å². The highest BCUT2D eigenvalue weighted by molar-refractivity contribution is 6.30. The van der Waals surface area contributed by atoms with Crippen LogP contribution in [-0.4, -0.2) is 11.0 Å². The van der Waals surface area contributed by atoms with Crippen molar-refractivity contribution in [3.05, 3.63) is 76.6 Å². The monoisotopic (exact) mass is 373 g/mol. The van der Waals surface area contributed by atoms with Gasteiger partial charge in [-0.3, -0.25) is 4.79 Å². The Morgan fingerprint density at radius 1 is 1.15 bits per heavy atom. The highest BCUT2D eigenvalue weighted by Crippen LogP contribution is 2.43. The van der Waals surface area contributed by atoms with Crippen molar-refractivity contribution in [2.45, 2.75) is 33.2 Å². The maximum Gasteiger partial charge on any atom is 0.261 e. The van der Waals surface area contributed by atoms with Gasteiger partial charge in [0.15, 0.2) is 5.76 Å². The highest BCUT2D eigenvalue weighted by Gasteiger charge is 2.47. The Labute approximate surface area is 158 Å². The molecule has 1 aliphatic rings. The minimum Gasteiger partial charge on any atom is -0.375 e. The number of carbonyl (C=O) groups is 1. The summed E-state index contributed by atoms with van der Waals surface area (Å²) in [6, 6.07) is 13.8. The lowest BCUT2D eigenvalue weighted by molar-refractivity contribution is -0.185. The molecule has 5 heteroatoms. The van der Waals surface area contributed by atoms with Crippen molar-refractivity contribution in [2.75, 3.05) is 0 Å². The molecule has 0 spiro atoms. The summed E-state index contributed by atoms with van der Waals surface area (Å²) in [6.45, 7) is 7.34. The first-order valence-electron chi connectivity index (χ1n) is 8.39. The SMILES string of the molecule is CC(C)(C)C(=O)N1OC(c2cc(Cl)ccc2F)=CC1(C)c1ccccc1. The van der Waals surface area contributed by atoms with Gasteiger partial charge in [-0.05, 0) is 36.8 Å². The fourth-order valence-corrected chi connectivity index (χ4v) is 3.05. The number of rotatable bonds is 2. The van der Waals surface area contributed by atoms with Crippen LogP contribution in [0.15, 0.2) is 54.6 Å². The molecule has 136 valence electrons. The second-order valence-corrected chi connectivity index (χ2v) is 8.02. The lowest BCUT2D eigenvalue weighted by Gasteiger charge is -2.36. The number of nitrogens with zero attached hydrogens (tertiary/aromatic N) is 1. The van der Waals surface area contributed by atoms with Crippen LogP contribution in [0.5, 0.6) is 0 Å². The summed E-state index contributed by atoms with van der Waals surface area (Å²) in [5.74, 6) is -0.382. The highest BCUT2D eigenvalue weighted by atomic mass is 35.5. The third-order valence-corrected chi connectivity index (χ3v) is 4.64. The van der Waals surface area contributed by atoms with E-state index in [9.17, 15) is 9.18 Å². The van der Waals surface area contributed by atoms with Crippen molar-refractivity contribution in [2.24, 2.45) is 5.41 Å². The quantitative estimate of drug-likeness (QED) is 0.690. The Morgan fingerprint density at radius 2 is 1.81 bits per heavy atom. The molecule has 0 saturated heterocycles. The van der Waals surface area contributed by atoms with Crippen molar-refractivity contribution in [3.8, 4) is 0 Å². The fraction of sp³-hybridized carbons (Fsp3) is 0.286. The van der Waals surface area contributed by atoms with E-state index >= 15 is 0 Å². The summed E-state index contributed by atoms with van der Waals surface area (Å²) in [5, 5.41) is 1.73. The Kier molecular flexibility index (Phi) is 4.57. The van der Waals surface area contributed by atoms with Crippen molar-refractivity contribution < 1.29 is 14.0 Å². The van der Waals surface area contributed by atoms with Crippen molar-refractivity contribution in [1.82, 2.24) is 5.06 Å². The molecule has 0 aromatic heterocycles. The Hall–Kier alpha value is -2.33. The van der Waals surface area contributed by atoms with Crippen LogP contribution in [0.3, 0.4) is 0 Å².